The van der Waals surface area contributed by atoms with Gasteiger partial charge in [0.15, 0.2) is 11.2 Å². The summed E-state index contributed by atoms with van der Waals surface area (Å²) in [6.45, 7) is 0. The zero-order valence-corrected chi connectivity index (χ0v) is 12.9. The van der Waals surface area contributed by atoms with E-state index in [9.17, 15) is 0 Å². The van der Waals surface area contributed by atoms with E-state index in [0.29, 0.717) is 0 Å². The van der Waals surface area contributed by atoms with Crippen LogP contribution in [0.5, 0.6) is 0 Å². The Hall–Kier alpha value is -3.34. The Bertz CT molecular complexity index is 1420. The first kappa shape index (κ1) is 12.1. The zero-order chi connectivity index (χ0) is 15.8. The van der Waals surface area contributed by atoms with Crippen LogP contribution < -0.4 is 0 Å². The van der Waals surface area contributed by atoms with Crippen LogP contribution in [-0.2, 0) is 7.05 Å². The normalized spacial score (nSPS) is 12.4. The highest BCUT2D eigenvalue weighted by molar-refractivity contribution is 6.13. The Morgan fingerprint density at radius 1 is 0.958 bits per heavy atom. The Morgan fingerprint density at radius 2 is 1.88 bits per heavy atom. The highest BCUT2D eigenvalue weighted by Crippen LogP contribution is 2.35. The smallest absolute Gasteiger partial charge is 0.215 e. The SMILES string of the molecule is Cn1c2ccc3c4ncccc4oc3c2n2c3ccccc3nc12. The van der Waals surface area contributed by atoms with Gasteiger partial charge in [0.2, 0.25) is 5.78 Å². The summed E-state index contributed by atoms with van der Waals surface area (Å²) in [6, 6.07) is 16.2. The number of aromatic nitrogens is 4. The van der Waals surface area contributed by atoms with E-state index in [2.05, 4.69) is 32.2 Å². The molecule has 0 amide bonds. The van der Waals surface area contributed by atoms with Gasteiger partial charge in [-0.2, -0.15) is 0 Å². The number of hydrogen-bond donors (Lipinski definition) is 0. The minimum atomic E-state index is 0.807. The lowest BCUT2D eigenvalue weighted by molar-refractivity contribution is 0.670. The molecule has 5 nitrogen and oxygen atoms in total. The number of pyridine rings is 1. The first-order chi connectivity index (χ1) is 11.8. The molecule has 0 atom stereocenters. The first-order valence-electron chi connectivity index (χ1n) is 7.85. The van der Waals surface area contributed by atoms with Crippen LogP contribution in [0.3, 0.4) is 0 Å². The summed E-state index contributed by atoms with van der Waals surface area (Å²) in [4.78, 5) is 9.27. The lowest BCUT2D eigenvalue weighted by atomic mass is 10.2. The van der Waals surface area contributed by atoms with E-state index >= 15 is 0 Å². The molecule has 0 saturated heterocycles. The molecular weight excluding hydrogens is 300 g/mol. The van der Waals surface area contributed by atoms with Gasteiger partial charge in [-0.05, 0) is 36.4 Å². The molecule has 2 aromatic carbocycles. The summed E-state index contributed by atoms with van der Waals surface area (Å²) in [6.07, 6.45) is 1.80. The maximum absolute atomic E-state index is 6.18. The molecule has 0 saturated carbocycles. The third-order valence-electron chi connectivity index (χ3n) is 4.78. The molecular formula is C19H12N4O. The van der Waals surface area contributed by atoms with Crippen LogP contribution in [0.4, 0.5) is 0 Å². The van der Waals surface area contributed by atoms with Crippen molar-refractivity contribution >= 4 is 49.9 Å². The van der Waals surface area contributed by atoms with E-state index in [1.165, 1.54) is 0 Å². The summed E-state index contributed by atoms with van der Waals surface area (Å²) in [5.41, 5.74) is 6.76. The Morgan fingerprint density at radius 3 is 2.83 bits per heavy atom. The molecule has 0 spiro atoms. The molecule has 4 heterocycles. The standard InChI is InChI=1S/C19H12N4O/c1-22-14-9-8-11-16-15(7-4-10-20-16)24-18(11)17(14)23-13-6-3-2-5-12(13)21-19(22)23/h2-10H,1H3. The number of furan rings is 1. The van der Waals surface area contributed by atoms with Gasteiger partial charge in [0, 0.05) is 18.6 Å². The second kappa shape index (κ2) is 3.94. The van der Waals surface area contributed by atoms with E-state index in [1.807, 2.05) is 37.4 Å². The lowest BCUT2D eigenvalue weighted by Crippen LogP contribution is -1.87. The van der Waals surface area contributed by atoms with E-state index in [0.717, 1.165) is 49.9 Å². The van der Waals surface area contributed by atoms with Gasteiger partial charge in [-0.15, -0.1) is 0 Å². The largest absolute Gasteiger partial charge is 0.452 e. The predicted octanol–water partition coefficient (Wildman–Crippen LogP) is 4.27. The van der Waals surface area contributed by atoms with Crippen LogP contribution in [0.15, 0.2) is 59.1 Å². The first-order valence-corrected chi connectivity index (χ1v) is 7.85. The number of nitrogens with zero attached hydrogens (tertiary/aromatic N) is 4. The topological polar surface area (TPSA) is 48.3 Å². The summed E-state index contributed by atoms with van der Waals surface area (Å²) in [5.74, 6) is 0.909. The summed E-state index contributed by atoms with van der Waals surface area (Å²) in [5, 5.41) is 1.03. The molecule has 0 aliphatic heterocycles. The van der Waals surface area contributed by atoms with E-state index in [1.54, 1.807) is 6.20 Å². The fourth-order valence-electron chi connectivity index (χ4n) is 3.69. The minimum absolute atomic E-state index is 0.807. The molecule has 6 aromatic rings. The fourth-order valence-corrected chi connectivity index (χ4v) is 3.69. The number of imidazole rings is 2. The third-order valence-corrected chi connectivity index (χ3v) is 4.78. The van der Waals surface area contributed by atoms with Gasteiger partial charge in [0.25, 0.3) is 0 Å². The van der Waals surface area contributed by atoms with Crippen LogP contribution in [0.25, 0.3) is 49.9 Å². The Kier molecular flexibility index (Phi) is 1.99. The van der Waals surface area contributed by atoms with Crippen molar-refractivity contribution in [3.8, 4) is 0 Å². The Labute approximate surface area is 135 Å². The van der Waals surface area contributed by atoms with Crippen LogP contribution in [0.1, 0.15) is 0 Å². The highest BCUT2D eigenvalue weighted by Gasteiger charge is 2.19. The number of para-hydroxylation sites is 2. The van der Waals surface area contributed by atoms with Crippen molar-refractivity contribution in [2.24, 2.45) is 7.05 Å². The zero-order valence-electron chi connectivity index (χ0n) is 12.9. The van der Waals surface area contributed by atoms with Crippen molar-refractivity contribution in [1.82, 2.24) is 18.9 Å². The summed E-state index contributed by atoms with van der Waals surface area (Å²) < 4.78 is 10.5. The van der Waals surface area contributed by atoms with Gasteiger partial charge in [0.1, 0.15) is 11.0 Å². The number of benzene rings is 2. The molecule has 0 N–H and O–H groups in total. The molecule has 0 unspecified atom stereocenters. The summed E-state index contributed by atoms with van der Waals surface area (Å²) >= 11 is 0. The molecule has 0 aliphatic rings. The molecule has 0 radical (unpaired) electrons. The molecule has 5 heteroatoms. The quantitative estimate of drug-likeness (QED) is 0.421. The maximum Gasteiger partial charge on any atom is 0.215 e. The second-order valence-corrected chi connectivity index (χ2v) is 6.06. The third kappa shape index (κ3) is 1.27. The molecule has 6 rings (SSSR count). The molecule has 4 aromatic heterocycles. The van der Waals surface area contributed by atoms with Crippen LogP contribution >= 0.6 is 0 Å². The number of aryl methyl sites for hydroxylation is 1. The van der Waals surface area contributed by atoms with Crippen LogP contribution in [-0.4, -0.2) is 18.9 Å². The Balaban J connectivity index is 1.99. The average molecular weight is 312 g/mol. The van der Waals surface area contributed by atoms with E-state index in [-0.39, 0.29) is 0 Å². The van der Waals surface area contributed by atoms with Crippen molar-refractivity contribution in [2.75, 3.05) is 0 Å². The van der Waals surface area contributed by atoms with Crippen LogP contribution in [0.2, 0.25) is 0 Å². The lowest BCUT2D eigenvalue weighted by Gasteiger charge is -1.97. The maximum atomic E-state index is 6.18. The fraction of sp³-hybridized carbons (Fsp3) is 0.0526. The van der Waals surface area contributed by atoms with Gasteiger partial charge in [-0.25, -0.2) is 4.98 Å². The molecule has 0 aliphatic carbocycles. The number of rotatable bonds is 0. The van der Waals surface area contributed by atoms with Crippen LogP contribution in [0, 0.1) is 0 Å². The monoisotopic (exact) mass is 312 g/mol. The van der Waals surface area contributed by atoms with E-state index in [4.69, 9.17) is 9.40 Å². The number of hydrogen-bond acceptors (Lipinski definition) is 3. The molecule has 0 bridgehead atoms. The van der Waals surface area contributed by atoms with Crippen molar-refractivity contribution < 1.29 is 4.42 Å². The van der Waals surface area contributed by atoms with E-state index < -0.39 is 0 Å². The second-order valence-electron chi connectivity index (χ2n) is 6.06. The van der Waals surface area contributed by atoms with Gasteiger partial charge in [-0.1, -0.05) is 12.1 Å². The average Bonchev–Trinajstić information content (AvgIpc) is 3.25. The molecule has 114 valence electrons. The minimum Gasteiger partial charge on any atom is -0.452 e. The molecule has 24 heavy (non-hydrogen) atoms. The van der Waals surface area contributed by atoms with Crippen molar-refractivity contribution in [1.29, 1.82) is 0 Å². The highest BCUT2D eigenvalue weighted by atomic mass is 16.3. The van der Waals surface area contributed by atoms with Gasteiger partial charge in [-0.3, -0.25) is 9.38 Å². The van der Waals surface area contributed by atoms with Crippen molar-refractivity contribution in [2.45, 2.75) is 0 Å². The molecule has 0 fully saturated rings. The van der Waals surface area contributed by atoms with Crippen molar-refractivity contribution in [3.63, 3.8) is 0 Å². The van der Waals surface area contributed by atoms with Gasteiger partial charge >= 0.3 is 0 Å². The summed E-state index contributed by atoms with van der Waals surface area (Å²) in [7, 11) is 2.04. The van der Waals surface area contributed by atoms with Crippen molar-refractivity contribution in [3.05, 3.63) is 54.7 Å². The van der Waals surface area contributed by atoms with Gasteiger partial charge in [0.05, 0.1) is 16.6 Å². The van der Waals surface area contributed by atoms with Gasteiger partial charge < -0.3 is 8.98 Å². The number of fused-ring (bicyclic) bond motifs is 9. The predicted molar refractivity (Wildman–Crippen MR) is 94.2 cm³/mol.